The van der Waals surface area contributed by atoms with Gasteiger partial charge in [-0.1, -0.05) is 36.0 Å². The third kappa shape index (κ3) is 3.67. The topological polar surface area (TPSA) is 102 Å². The average molecular weight is 500 g/mol. The fourth-order valence-electron chi connectivity index (χ4n) is 4.73. The van der Waals surface area contributed by atoms with Gasteiger partial charge in [-0.05, 0) is 69.5 Å². The molecular formula is C27H25N5O3S. The summed E-state index contributed by atoms with van der Waals surface area (Å²) in [5.74, 6) is 0.257. The Morgan fingerprint density at radius 3 is 2.44 bits per heavy atom. The summed E-state index contributed by atoms with van der Waals surface area (Å²) in [6, 6.07) is 13.1. The summed E-state index contributed by atoms with van der Waals surface area (Å²) < 4.78 is 3.41. The van der Waals surface area contributed by atoms with Crippen LogP contribution in [0.15, 0.2) is 52.4 Å². The number of carbonyl (C=O) groups is 2. The number of rotatable bonds is 6. The Kier molecular flexibility index (Phi) is 5.88. The first-order valence-corrected chi connectivity index (χ1v) is 12.5. The van der Waals surface area contributed by atoms with Gasteiger partial charge in [0.05, 0.1) is 28.0 Å². The van der Waals surface area contributed by atoms with E-state index in [1.165, 1.54) is 18.7 Å². The minimum Gasteiger partial charge on any atom is -0.355 e. The molecule has 0 unspecified atom stereocenters. The van der Waals surface area contributed by atoms with Crippen LogP contribution in [0.1, 0.15) is 50.2 Å². The van der Waals surface area contributed by atoms with Gasteiger partial charge in [0, 0.05) is 11.3 Å². The summed E-state index contributed by atoms with van der Waals surface area (Å²) in [7, 11) is 0. The summed E-state index contributed by atoms with van der Waals surface area (Å²) in [5, 5.41) is 9.77. The molecule has 0 saturated carbocycles. The van der Waals surface area contributed by atoms with Gasteiger partial charge in [0.1, 0.15) is 0 Å². The molecule has 0 spiro atoms. The molecule has 0 fully saturated rings. The van der Waals surface area contributed by atoms with Gasteiger partial charge in [-0.15, -0.1) is 10.2 Å². The number of hydrogen-bond acceptors (Lipinski definition) is 6. The predicted molar refractivity (Wildman–Crippen MR) is 141 cm³/mol. The second kappa shape index (κ2) is 8.91. The van der Waals surface area contributed by atoms with E-state index >= 15 is 0 Å². The maximum atomic E-state index is 13.6. The van der Waals surface area contributed by atoms with E-state index in [0.29, 0.717) is 44.4 Å². The molecule has 182 valence electrons. The normalized spacial score (nSPS) is 11.5. The Balaban J connectivity index is 1.63. The summed E-state index contributed by atoms with van der Waals surface area (Å²) in [6.45, 7) is 9.04. The molecule has 5 aromatic rings. The lowest BCUT2D eigenvalue weighted by Gasteiger charge is -2.14. The lowest BCUT2D eigenvalue weighted by molar-refractivity contribution is 0.101. The van der Waals surface area contributed by atoms with Crippen LogP contribution in [0.3, 0.4) is 0 Å². The van der Waals surface area contributed by atoms with Crippen LogP contribution in [0.4, 0.5) is 0 Å². The van der Waals surface area contributed by atoms with Crippen molar-refractivity contribution in [3.63, 3.8) is 0 Å². The number of aromatic nitrogens is 5. The van der Waals surface area contributed by atoms with Crippen LogP contribution in [0.2, 0.25) is 0 Å². The van der Waals surface area contributed by atoms with Crippen molar-refractivity contribution in [2.75, 3.05) is 5.75 Å². The molecule has 0 aliphatic rings. The maximum absolute atomic E-state index is 13.6. The molecule has 0 amide bonds. The van der Waals surface area contributed by atoms with Crippen LogP contribution in [0, 0.1) is 27.7 Å². The molecule has 1 N–H and O–H groups in total. The van der Waals surface area contributed by atoms with E-state index in [2.05, 4.69) is 15.2 Å². The molecule has 36 heavy (non-hydrogen) atoms. The number of carbonyl (C=O) groups excluding carboxylic acids is 2. The number of nitrogens with one attached hydrogen (secondary N) is 1. The largest absolute Gasteiger partial charge is 0.355 e. The van der Waals surface area contributed by atoms with Crippen molar-refractivity contribution in [3.05, 3.63) is 86.5 Å². The highest BCUT2D eigenvalue weighted by Gasteiger charge is 2.22. The van der Waals surface area contributed by atoms with Gasteiger partial charge < -0.3 is 4.98 Å². The zero-order chi connectivity index (χ0) is 25.7. The van der Waals surface area contributed by atoms with E-state index in [9.17, 15) is 14.4 Å². The first-order valence-electron chi connectivity index (χ1n) is 11.5. The number of H-pyrrole nitrogens is 1. The van der Waals surface area contributed by atoms with E-state index < -0.39 is 0 Å². The Morgan fingerprint density at radius 1 is 0.972 bits per heavy atom. The first-order chi connectivity index (χ1) is 17.2. The van der Waals surface area contributed by atoms with E-state index in [1.54, 1.807) is 24.5 Å². The predicted octanol–water partition coefficient (Wildman–Crippen LogP) is 4.77. The van der Waals surface area contributed by atoms with Gasteiger partial charge in [0.25, 0.3) is 5.56 Å². The molecule has 5 rings (SSSR count). The standard InChI is InChI=1S/C27H25N5O3S/c1-14-9-8-12-20(15(14)2)31-25(35)19-10-6-7-11-21(19)32-26(31)29-30-27(32)36-13-22(34)24-16(3)23(18(5)33)17(4)28-24/h6-12,28H,13H2,1-5H3. The Hall–Kier alpha value is -3.98. The monoisotopic (exact) mass is 499 g/mol. The number of thioether (sulfide) groups is 1. The highest BCUT2D eigenvalue weighted by molar-refractivity contribution is 7.99. The smallest absolute Gasteiger partial charge is 0.267 e. The third-order valence-electron chi connectivity index (χ3n) is 6.61. The number of Topliss-reactive ketones (excluding diaryl/α,β-unsaturated/α-hetero) is 2. The van der Waals surface area contributed by atoms with Gasteiger partial charge in [-0.2, -0.15) is 0 Å². The lowest BCUT2D eigenvalue weighted by Crippen LogP contribution is -2.22. The first kappa shape index (κ1) is 23.7. The van der Waals surface area contributed by atoms with E-state index in [0.717, 1.165) is 16.8 Å². The number of ketones is 2. The minimum atomic E-state index is -0.180. The summed E-state index contributed by atoms with van der Waals surface area (Å²) in [5.41, 5.74) is 5.59. The van der Waals surface area contributed by atoms with Crippen LogP contribution in [0.25, 0.3) is 22.4 Å². The van der Waals surface area contributed by atoms with Crippen LogP contribution in [0.5, 0.6) is 0 Å². The fraction of sp³-hybridized carbons (Fsp3) is 0.222. The molecule has 8 nitrogen and oxygen atoms in total. The zero-order valence-electron chi connectivity index (χ0n) is 20.7. The molecule has 0 aliphatic carbocycles. The van der Waals surface area contributed by atoms with Crippen LogP contribution < -0.4 is 5.56 Å². The molecular weight excluding hydrogens is 474 g/mol. The molecule has 3 aromatic heterocycles. The zero-order valence-corrected chi connectivity index (χ0v) is 21.5. The number of aryl methyl sites for hydroxylation is 2. The molecule has 0 radical (unpaired) electrons. The Labute approximate surface area is 211 Å². The van der Waals surface area contributed by atoms with Gasteiger partial charge in [0.15, 0.2) is 16.7 Å². The molecule has 0 aliphatic heterocycles. The molecule has 0 saturated heterocycles. The molecule has 3 heterocycles. The maximum Gasteiger partial charge on any atom is 0.267 e. The van der Waals surface area contributed by atoms with Crippen molar-refractivity contribution in [2.24, 2.45) is 0 Å². The molecule has 2 aromatic carbocycles. The molecule has 0 bridgehead atoms. The second-order valence-electron chi connectivity index (χ2n) is 8.89. The third-order valence-corrected chi connectivity index (χ3v) is 7.54. The summed E-state index contributed by atoms with van der Waals surface area (Å²) in [6.07, 6.45) is 0. The summed E-state index contributed by atoms with van der Waals surface area (Å²) in [4.78, 5) is 41.7. The van der Waals surface area contributed by atoms with Crippen LogP contribution >= 0.6 is 11.8 Å². The number of hydrogen-bond donors (Lipinski definition) is 1. The Bertz CT molecular complexity index is 1760. The van der Waals surface area contributed by atoms with Gasteiger partial charge in [-0.25, -0.2) is 4.57 Å². The average Bonchev–Trinajstić information content (AvgIpc) is 3.40. The number of aromatic amines is 1. The molecule has 0 atom stereocenters. The quantitative estimate of drug-likeness (QED) is 0.267. The van der Waals surface area contributed by atoms with Gasteiger partial charge in [0.2, 0.25) is 5.78 Å². The fourth-order valence-corrected chi connectivity index (χ4v) is 5.54. The second-order valence-corrected chi connectivity index (χ2v) is 9.83. The minimum absolute atomic E-state index is 0.0766. The number of benzene rings is 2. The number of nitrogens with zero attached hydrogens (tertiary/aromatic N) is 4. The van der Waals surface area contributed by atoms with Gasteiger partial charge >= 0.3 is 0 Å². The van der Waals surface area contributed by atoms with E-state index in [4.69, 9.17) is 0 Å². The van der Waals surface area contributed by atoms with Crippen molar-refractivity contribution in [1.29, 1.82) is 0 Å². The van der Waals surface area contributed by atoms with Crippen LogP contribution in [-0.4, -0.2) is 41.5 Å². The SMILES string of the molecule is CC(=O)c1c(C)[nH]c(C(=O)CSc2nnc3n(-c4cccc(C)c4C)c(=O)c4ccccc4n23)c1C. The van der Waals surface area contributed by atoms with Gasteiger partial charge in [-0.3, -0.25) is 18.8 Å². The van der Waals surface area contributed by atoms with Crippen molar-refractivity contribution in [2.45, 2.75) is 39.8 Å². The van der Waals surface area contributed by atoms with E-state index in [-0.39, 0.29) is 22.9 Å². The molecule has 9 heteroatoms. The summed E-state index contributed by atoms with van der Waals surface area (Å²) >= 11 is 1.24. The number of para-hydroxylation sites is 1. The van der Waals surface area contributed by atoms with Crippen molar-refractivity contribution in [3.8, 4) is 5.69 Å². The number of fused-ring (bicyclic) bond motifs is 3. The van der Waals surface area contributed by atoms with E-state index in [1.807, 2.05) is 54.6 Å². The van der Waals surface area contributed by atoms with Crippen LogP contribution in [-0.2, 0) is 0 Å². The van der Waals surface area contributed by atoms with Crippen molar-refractivity contribution < 1.29 is 9.59 Å². The lowest BCUT2D eigenvalue weighted by atomic mass is 10.1. The van der Waals surface area contributed by atoms with Crippen molar-refractivity contribution in [1.82, 2.24) is 24.1 Å². The highest BCUT2D eigenvalue weighted by atomic mass is 32.2. The van der Waals surface area contributed by atoms with Crippen molar-refractivity contribution >= 4 is 40.0 Å². The Morgan fingerprint density at radius 2 is 1.72 bits per heavy atom. The highest BCUT2D eigenvalue weighted by Crippen LogP contribution is 2.26.